The lowest BCUT2D eigenvalue weighted by Gasteiger charge is -2.13. The third kappa shape index (κ3) is 7.39. The number of aliphatic imine (C=N–C) groups is 1. The summed E-state index contributed by atoms with van der Waals surface area (Å²) in [6.45, 7) is 8.03. The van der Waals surface area contributed by atoms with Crippen LogP contribution in [0.15, 0.2) is 9.52 Å². The van der Waals surface area contributed by atoms with Crippen molar-refractivity contribution in [3.8, 4) is 0 Å². The van der Waals surface area contributed by atoms with Crippen LogP contribution in [0.5, 0.6) is 0 Å². The minimum Gasteiger partial charge on any atom is -0.379 e. The number of hydrogen-bond donors (Lipinski definition) is 2. The van der Waals surface area contributed by atoms with E-state index in [1.165, 1.54) is 0 Å². The second kappa shape index (κ2) is 11.0. The Bertz CT molecular complexity index is 512. The molecule has 2 rings (SSSR count). The van der Waals surface area contributed by atoms with Gasteiger partial charge in [0.25, 0.3) is 0 Å². The van der Waals surface area contributed by atoms with Crippen LogP contribution in [0.3, 0.4) is 0 Å². The summed E-state index contributed by atoms with van der Waals surface area (Å²) in [5, 5.41) is 10.5. The molecule has 2 N–H and O–H groups in total. The van der Waals surface area contributed by atoms with Crippen LogP contribution in [-0.4, -0.2) is 62.2 Å². The number of aromatic nitrogens is 2. The van der Waals surface area contributed by atoms with E-state index in [-0.39, 0.29) is 6.10 Å². The topological polar surface area (TPSA) is 93.8 Å². The summed E-state index contributed by atoms with van der Waals surface area (Å²) < 4.78 is 16.3. The molecule has 0 radical (unpaired) electrons. The van der Waals surface area contributed by atoms with Crippen LogP contribution in [0.2, 0.25) is 0 Å². The van der Waals surface area contributed by atoms with Gasteiger partial charge in [-0.3, -0.25) is 4.99 Å². The summed E-state index contributed by atoms with van der Waals surface area (Å²) in [4.78, 5) is 8.59. The van der Waals surface area contributed by atoms with E-state index in [1.807, 2.05) is 0 Å². The smallest absolute Gasteiger partial charge is 0.226 e. The van der Waals surface area contributed by atoms with Crippen LogP contribution in [0.1, 0.15) is 50.7 Å². The molecule has 1 saturated heterocycles. The summed E-state index contributed by atoms with van der Waals surface area (Å²) in [6, 6.07) is 0. The summed E-state index contributed by atoms with van der Waals surface area (Å²) in [5.74, 6) is 2.56. The zero-order valence-corrected chi connectivity index (χ0v) is 15.6. The van der Waals surface area contributed by atoms with Crippen LogP contribution >= 0.6 is 0 Å². The zero-order chi connectivity index (χ0) is 17.9. The van der Waals surface area contributed by atoms with Gasteiger partial charge in [0.05, 0.1) is 12.7 Å². The lowest BCUT2D eigenvalue weighted by Crippen LogP contribution is -2.38. The van der Waals surface area contributed by atoms with Gasteiger partial charge in [-0.15, -0.1) is 0 Å². The van der Waals surface area contributed by atoms with Crippen LogP contribution in [-0.2, 0) is 15.9 Å². The third-order valence-electron chi connectivity index (χ3n) is 3.94. The fourth-order valence-corrected chi connectivity index (χ4v) is 2.44. The first-order valence-electron chi connectivity index (χ1n) is 9.15. The molecule has 2 heterocycles. The molecule has 0 amide bonds. The average molecular weight is 353 g/mol. The second-order valence-electron chi connectivity index (χ2n) is 6.44. The molecule has 1 aliphatic heterocycles. The van der Waals surface area contributed by atoms with Gasteiger partial charge in [0.1, 0.15) is 0 Å². The van der Waals surface area contributed by atoms with Gasteiger partial charge < -0.3 is 24.6 Å². The van der Waals surface area contributed by atoms with E-state index in [2.05, 4.69) is 39.6 Å². The molecule has 0 aliphatic carbocycles. The second-order valence-corrected chi connectivity index (χ2v) is 6.44. The Morgan fingerprint density at radius 1 is 1.32 bits per heavy atom. The van der Waals surface area contributed by atoms with Gasteiger partial charge in [-0.1, -0.05) is 19.0 Å². The number of rotatable bonds is 10. The molecule has 0 saturated carbocycles. The predicted molar refractivity (Wildman–Crippen MR) is 95.9 cm³/mol. The van der Waals surface area contributed by atoms with Crippen LogP contribution in [0.4, 0.5) is 0 Å². The van der Waals surface area contributed by atoms with Crippen molar-refractivity contribution in [3.05, 3.63) is 11.7 Å². The first-order chi connectivity index (χ1) is 12.2. The number of hydrogen-bond acceptors (Lipinski definition) is 6. The van der Waals surface area contributed by atoms with Crippen molar-refractivity contribution in [2.75, 3.05) is 40.0 Å². The van der Waals surface area contributed by atoms with Crippen molar-refractivity contribution in [1.29, 1.82) is 0 Å². The van der Waals surface area contributed by atoms with Crippen LogP contribution < -0.4 is 10.6 Å². The summed E-state index contributed by atoms with van der Waals surface area (Å²) in [7, 11) is 1.77. The Kier molecular flexibility index (Phi) is 8.68. The highest BCUT2D eigenvalue weighted by Crippen LogP contribution is 2.10. The minimum atomic E-state index is 0.276. The van der Waals surface area contributed by atoms with E-state index < -0.39 is 0 Å². The van der Waals surface area contributed by atoms with E-state index in [0.717, 1.165) is 70.4 Å². The fourth-order valence-electron chi connectivity index (χ4n) is 2.44. The number of nitrogens with zero attached hydrogens (tertiary/aromatic N) is 3. The third-order valence-corrected chi connectivity index (χ3v) is 3.94. The molecule has 1 aromatic rings. The first kappa shape index (κ1) is 19.7. The molecule has 1 atom stereocenters. The quantitative estimate of drug-likeness (QED) is 0.374. The minimum absolute atomic E-state index is 0.276. The maximum atomic E-state index is 5.74. The lowest BCUT2D eigenvalue weighted by atomic mass is 10.2. The predicted octanol–water partition coefficient (Wildman–Crippen LogP) is 1.49. The Hall–Kier alpha value is -1.67. The summed E-state index contributed by atoms with van der Waals surface area (Å²) in [5.41, 5.74) is 0. The van der Waals surface area contributed by atoms with Crippen molar-refractivity contribution >= 4 is 5.96 Å². The van der Waals surface area contributed by atoms with Gasteiger partial charge in [-0.25, -0.2) is 0 Å². The number of ether oxygens (including phenoxy) is 2. The average Bonchev–Trinajstić information content (AvgIpc) is 3.28. The van der Waals surface area contributed by atoms with Crippen molar-refractivity contribution < 1.29 is 14.0 Å². The van der Waals surface area contributed by atoms with E-state index in [9.17, 15) is 0 Å². The fraction of sp³-hybridized carbons (Fsp3) is 0.824. The van der Waals surface area contributed by atoms with Crippen molar-refractivity contribution in [1.82, 2.24) is 20.8 Å². The van der Waals surface area contributed by atoms with Gasteiger partial charge in [-0.2, -0.15) is 4.98 Å². The highest BCUT2D eigenvalue weighted by Gasteiger charge is 2.15. The SMILES string of the molecule is CN=C(NCCCOC1CCOC1)NCCCc1nc(C(C)C)no1. The molecule has 8 heteroatoms. The summed E-state index contributed by atoms with van der Waals surface area (Å²) >= 11 is 0. The maximum Gasteiger partial charge on any atom is 0.226 e. The molecule has 1 aliphatic rings. The highest BCUT2D eigenvalue weighted by molar-refractivity contribution is 5.79. The molecule has 142 valence electrons. The highest BCUT2D eigenvalue weighted by atomic mass is 16.5. The lowest BCUT2D eigenvalue weighted by molar-refractivity contribution is 0.0420. The van der Waals surface area contributed by atoms with Gasteiger partial charge in [0.15, 0.2) is 11.8 Å². The number of aryl methyl sites for hydroxylation is 1. The molecule has 0 spiro atoms. The molecule has 0 bridgehead atoms. The van der Waals surface area contributed by atoms with Gasteiger partial charge in [0.2, 0.25) is 5.89 Å². The standard InChI is InChI=1S/C17H31N5O3/c1-13(2)16-21-15(25-22-16)6-4-8-19-17(18-3)20-9-5-10-24-14-7-11-23-12-14/h13-14H,4-12H2,1-3H3,(H2,18,19,20). The number of guanidine groups is 1. The Labute approximate surface area is 149 Å². The molecule has 1 unspecified atom stereocenters. The molecular formula is C17H31N5O3. The largest absolute Gasteiger partial charge is 0.379 e. The van der Waals surface area contributed by atoms with Crippen molar-refractivity contribution in [3.63, 3.8) is 0 Å². The maximum absolute atomic E-state index is 5.74. The molecule has 8 nitrogen and oxygen atoms in total. The number of nitrogens with one attached hydrogen (secondary N) is 2. The van der Waals surface area contributed by atoms with Crippen LogP contribution in [0, 0.1) is 0 Å². The zero-order valence-electron chi connectivity index (χ0n) is 15.6. The monoisotopic (exact) mass is 353 g/mol. The van der Waals surface area contributed by atoms with E-state index in [0.29, 0.717) is 11.8 Å². The normalized spacial score (nSPS) is 18.1. The van der Waals surface area contributed by atoms with Gasteiger partial charge in [0, 0.05) is 45.7 Å². The van der Waals surface area contributed by atoms with Gasteiger partial charge in [-0.05, 0) is 19.3 Å². The molecule has 25 heavy (non-hydrogen) atoms. The van der Waals surface area contributed by atoms with Gasteiger partial charge >= 0.3 is 0 Å². The van der Waals surface area contributed by atoms with Crippen molar-refractivity contribution in [2.45, 2.75) is 51.6 Å². The Morgan fingerprint density at radius 2 is 2.12 bits per heavy atom. The first-order valence-corrected chi connectivity index (χ1v) is 9.15. The Morgan fingerprint density at radius 3 is 2.76 bits per heavy atom. The molecular weight excluding hydrogens is 322 g/mol. The van der Waals surface area contributed by atoms with E-state index >= 15 is 0 Å². The molecule has 1 aromatic heterocycles. The Balaban J connectivity index is 1.50. The van der Waals surface area contributed by atoms with E-state index in [4.69, 9.17) is 14.0 Å². The van der Waals surface area contributed by atoms with Crippen LogP contribution in [0.25, 0.3) is 0 Å². The molecule has 0 aromatic carbocycles. The van der Waals surface area contributed by atoms with E-state index in [1.54, 1.807) is 7.05 Å². The molecule has 1 fully saturated rings. The summed E-state index contributed by atoms with van der Waals surface area (Å²) in [6.07, 6.45) is 3.90. The van der Waals surface area contributed by atoms with Crippen molar-refractivity contribution in [2.24, 2.45) is 4.99 Å².